The van der Waals surface area contributed by atoms with Crippen LogP contribution in [0.1, 0.15) is 25.8 Å². The van der Waals surface area contributed by atoms with Gasteiger partial charge in [0.25, 0.3) is 0 Å². The van der Waals surface area contributed by atoms with E-state index in [1.165, 1.54) is 5.56 Å². The van der Waals surface area contributed by atoms with Gasteiger partial charge in [-0.2, -0.15) is 0 Å². The van der Waals surface area contributed by atoms with Crippen molar-refractivity contribution in [3.63, 3.8) is 0 Å². The standard InChI is InChI=1S/C17H24N2O2/c1-3-18(4-2)17(21)15-12-16(20)19(13-15)11-10-14-8-6-5-7-9-14/h5-9,15H,3-4,10-13H2,1-2H3. The Morgan fingerprint density at radius 1 is 1.24 bits per heavy atom. The topological polar surface area (TPSA) is 40.6 Å². The van der Waals surface area contributed by atoms with Gasteiger partial charge in [-0.15, -0.1) is 0 Å². The lowest BCUT2D eigenvalue weighted by Crippen LogP contribution is -2.37. The lowest BCUT2D eigenvalue weighted by atomic mass is 10.1. The number of likely N-dealkylation sites (tertiary alicyclic amines) is 1. The van der Waals surface area contributed by atoms with Crippen molar-refractivity contribution in [2.45, 2.75) is 26.7 Å². The molecule has 0 aromatic heterocycles. The molecule has 0 N–H and O–H groups in total. The van der Waals surface area contributed by atoms with Crippen LogP contribution in [-0.2, 0) is 16.0 Å². The Kier molecular flexibility index (Phi) is 5.37. The summed E-state index contributed by atoms with van der Waals surface area (Å²) < 4.78 is 0. The second-order valence-electron chi connectivity index (χ2n) is 5.49. The molecule has 4 nitrogen and oxygen atoms in total. The predicted octanol–water partition coefficient (Wildman–Crippen LogP) is 1.95. The largest absolute Gasteiger partial charge is 0.343 e. The van der Waals surface area contributed by atoms with Crippen LogP contribution >= 0.6 is 0 Å². The molecule has 1 aromatic rings. The molecule has 1 aliphatic rings. The molecule has 21 heavy (non-hydrogen) atoms. The van der Waals surface area contributed by atoms with Crippen LogP contribution in [0.2, 0.25) is 0 Å². The fourth-order valence-electron chi connectivity index (χ4n) is 2.86. The molecule has 1 fully saturated rings. The summed E-state index contributed by atoms with van der Waals surface area (Å²) in [5.41, 5.74) is 1.23. The van der Waals surface area contributed by atoms with Crippen LogP contribution in [0, 0.1) is 5.92 Å². The molecule has 114 valence electrons. The Balaban J connectivity index is 1.89. The molecule has 1 saturated heterocycles. The van der Waals surface area contributed by atoms with Gasteiger partial charge < -0.3 is 9.80 Å². The van der Waals surface area contributed by atoms with Crippen LogP contribution < -0.4 is 0 Å². The van der Waals surface area contributed by atoms with Crippen LogP contribution in [-0.4, -0.2) is 47.8 Å². The molecule has 0 spiro atoms. The van der Waals surface area contributed by atoms with E-state index in [4.69, 9.17) is 0 Å². The second kappa shape index (κ2) is 7.25. The first-order valence-electron chi connectivity index (χ1n) is 7.76. The van der Waals surface area contributed by atoms with Gasteiger partial charge in [0.2, 0.25) is 11.8 Å². The van der Waals surface area contributed by atoms with E-state index in [9.17, 15) is 9.59 Å². The molecule has 4 heteroatoms. The lowest BCUT2D eigenvalue weighted by Gasteiger charge is -2.22. The summed E-state index contributed by atoms with van der Waals surface area (Å²) >= 11 is 0. The Morgan fingerprint density at radius 2 is 1.90 bits per heavy atom. The van der Waals surface area contributed by atoms with Crippen LogP contribution in [0.25, 0.3) is 0 Å². The first-order valence-corrected chi connectivity index (χ1v) is 7.76. The van der Waals surface area contributed by atoms with Gasteiger partial charge in [0.1, 0.15) is 0 Å². The van der Waals surface area contributed by atoms with Crippen molar-refractivity contribution in [1.82, 2.24) is 9.80 Å². The van der Waals surface area contributed by atoms with Gasteiger partial charge in [0.05, 0.1) is 5.92 Å². The quantitative estimate of drug-likeness (QED) is 0.802. The summed E-state index contributed by atoms with van der Waals surface area (Å²) in [4.78, 5) is 28.0. The fraction of sp³-hybridized carbons (Fsp3) is 0.529. The summed E-state index contributed by atoms with van der Waals surface area (Å²) in [5.74, 6) is 0.0696. The third-order valence-corrected chi connectivity index (χ3v) is 4.15. The van der Waals surface area contributed by atoms with Crippen LogP contribution in [0.4, 0.5) is 0 Å². The highest BCUT2D eigenvalue weighted by atomic mass is 16.2. The van der Waals surface area contributed by atoms with Gasteiger partial charge in [-0.25, -0.2) is 0 Å². The SMILES string of the molecule is CCN(CC)C(=O)C1CC(=O)N(CCc2ccccc2)C1. The van der Waals surface area contributed by atoms with E-state index in [-0.39, 0.29) is 17.7 Å². The van der Waals surface area contributed by atoms with Crippen LogP contribution in [0.5, 0.6) is 0 Å². The molecule has 0 bridgehead atoms. The van der Waals surface area contributed by atoms with E-state index >= 15 is 0 Å². The van der Waals surface area contributed by atoms with Gasteiger partial charge in [-0.05, 0) is 25.8 Å². The highest BCUT2D eigenvalue weighted by Gasteiger charge is 2.35. The third kappa shape index (κ3) is 3.84. The molecule has 1 heterocycles. The van der Waals surface area contributed by atoms with Gasteiger partial charge in [-0.3, -0.25) is 9.59 Å². The maximum Gasteiger partial charge on any atom is 0.227 e. The number of amides is 2. The monoisotopic (exact) mass is 288 g/mol. The number of carbonyl (C=O) groups excluding carboxylic acids is 2. The van der Waals surface area contributed by atoms with Crippen molar-refractivity contribution in [3.8, 4) is 0 Å². The first-order chi connectivity index (χ1) is 10.2. The predicted molar refractivity (Wildman–Crippen MR) is 82.8 cm³/mol. The number of nitrogens with zero attached hydrogens (tertiary/aromatic N) is 2. The summed E-state index contributed by atoms with van der Waals surface area (Å²) in [5, 5.41) is 0. The zero-order chi connectivity index (χ0) is 15.2. The maximum atomic E-state index is 12.3. The molecule has 2 rings (SSSR count). The van der Waals surface area contributed by atoms with Gasteiger partial charge in [-0.1, -0.05) is 30.3 Å². The smallest absolute Gasteiger partial charge is 0.227 e. The van der Waals surface area contributed by atoms with E-state index in [1.54, 1.807) is 0 Å². The molecule has 0 saturated carbocycles. The number of benzene rings is 1. The highest BCUT2D eigenvalue weighted by Crippen LogP contribution is 2.20. The summed E-state index contributed by atoms with van der Waals surface area (Å²) in [6.45, 7) is 6.65. The van der Waals surface area contributed by atoms with Gasteiger partial charge in [0.15, 0.2) is 0 Å². The molecular formula is C17H24N2O2. The summed E-state index contributed by atoms with van der Waals surface area (Å²) in [6.07, 6.45) is 1.21. The molecule has 0 aliphatic carbocycles. The van der Waals surface area contributed by atoms with Crippen molar-refractivity contribution in [2.75, 3.05) is 26.2 Å². The molecule has 1 aliphatic heterocycles. The molecule has 1 atom stereocenters. The van der Waals surface area contributed by atoms with E-state index in [2.05, 4.69) is 12.1 Å². The first kappa shape index (κ1) is 15.5. The van der Waals surface area contributed by atoms with Crippen molar-refractivity contribution >= 4 is 11.8 Å². The minimum Gasteiger partial charge on any atom is -0.343 e. The molecule has 1 aromatic carbocycles. The fourth-order valence-corrected chi connectivity index (χ4v) is 2.86. The number of hydrogen-bond acceptors (Lipinski definition) is 2. The van der Waals surface area contributed by atoms with Crippen LogP contribution in [0.3, 0.4) is 0 Å². The Hall–Kier alpha value is -1.84. The minimum atomic E-state index is -0.159. The summed E-state index contributed by atoms with van der Waals surface area (Å²) in [6, 6.07) is 10.1. The minimum absolute atomic E-state index is 0.108. The van der Waals surface area contributed by atoms with Crippen molar-refractivity contribution in [1.29, 1.82) is 0 Å². The molecule has 0 radical (unpaired) electrons. The number of hydrogen-bond donors (Lipinski definition) is 0. The van der Waals surface area contributed by atoms with Crippen LogP contribution in [0.15, 0.2) is 30.3 Å². The average molecular weight is 288 g/mol. The van der Waals surface area contributed by atoms with Crippen molar-refractivity contribution in [3.05, 3.63) is 35.9 Å². The van der Waals surface area contributed by atoms with Crippen molar-refractivity contribution < 1.29 is 9.59 Å². The normalized spacial score (nSPS) is 18.1. The van der Waals surface area contributed by atoms with Gasteiger partial charge >= 0.3 is 0 Å². The maximum absolute atomic E-state index is 12.3. The van der Waals surface area contributed by atoms with Crippen molar-refractivity contribution in [2.24, 2.45) is 5.92 Å². The van der Waals surface area contributed by atoms with E-state index in [0.717, 1.165) is 6.42 Å². The zero-order valence-corrected chi connectivity index (χ0v) is 12.9. The Morgan fingerprint density at radius 3 is 2.52 bits per heavy atom. The zero-order valence-electron chi connectivity index (χ0n) is 12.9. The number of rotatable bonds is 6. The third-order valence-electron chi connectivity index (χ3n) is 4.15. The lowest BCUT2D eigenvalue weighted by molar-refractivity contribution is -0.135. The second-order valence-corrected chi connectivity index (χ2v) is 5.49. The highest BCUT2D eigenvalue weighted by molar-refractivity contribution is 5.89. The average Bonchev–Trinajstić information content (AvgIpc) is 2.88. The Labute approximate surface area is 126 Å². The van der Waals surface area contributed by atoms with E-state index < -0.39 is 0 Å². The van der Waals surface area contributed by atoms with E-state index in [0.29, 0.717) is 32.6 Å². The molecule has 1 unspecified atom stereocenters. The Bertz CT molecular complexity index is 483. The van der Waals surface area contributed by atoms with Gasteiger partial charge in [0, 0.05) is 32.6 Å². The molecular weight excluding hydrogens is 264 g/mol. The summed E-state index contributed by atoms with van der Waals surface area (Å²) in [7, 11) is 0. The molecule has 2 amide bonds. The number of carbonyl (C=O) groups is 2. The van der Waals surface area contributed by atoms with E-state index in [1.807, 2.05) is 41.8 Å².